The highest BCUT2D eigenvalue weighted by Crippen LogP contribution is 2.40. The summed E-state index contributed by atoms with van der Waals surface area (Å²) in [5.41, 5.74) is 2.17. The third kappa shape index (κ3) is 6.55. The van der Waals surface area contributed by atoms with Gasteiger partial charge in [0.15, 0.2) is 5.43 Å². The Morgan fingerprint density at radius 1 is 1.09 bits per heavy atom. The van der Waals surface area contributed by atoms with E-state index in [4.69, 9.17) is 4.74 Å². The number of halogens is 2. The summed E-state index contributed by atoms with van der Waals surface area (Å²) < 4.78 is 35.0. The molecule has 0 bridgehead atoms. The second-order valence-corrected chi connectivity index (χ2v) is 13.4. The molecule has 3 fully saturated rings. The van der Waals surface area contributed by atoms with Gasteiger partial charge in [-0.05, 0) is 56.0 Å². The maximum absolute atomic E-state index is 15.1. The van der Waals surface area contributed by atoms with E-state index in [1.54, 1.807) is 24.3 Å². The molecule has 2 N–H and O–H groups in total. The number of piperazine rings is 1. The number of nitrogens with zero attached hydrogens (tertiary/aromatic N) is 3. The highest BCUT2D eigenvalue weighted by molar-refractivity contribution is 5.75. The van der Waals surface area contributed by atoms with Crippen molar-refractivity contribution in [2.24, 2.45) is 0 Å². The summed E-state index contributed by atoms with van der Waals surface area (Å²) in [6.45, 7) is 6.77. The Kier molecular flexibility index (Phi) is 9.47. The van der Waals surface area contributed by atoms with Crippen LogP contribution in [-0.4, -0.2) is 76.6 Å². The number of urea groups is 1. The normalized spacial score (nSPS) is 21.7. The zero-order valence-corrected chi connectivity index (χ0v) is 27.0. The fraction of sp³-hybridized carbons (Fsp3) is 0.500. The standard InChI is InChI=1S/C36H45F2N5O3/c1-24(2)40-27-12-15-43(32(19-27)29-18-26(37)10-11-30(29)38)35(45)41-16-17-42(36(23-41)13-6-7-14-36)22-25-21-39-31(20-33(25)44)28-8-4-5-9-34(28)46-3/h4-5,8-11,18,20-21,24,27,32,40H,6-7,12-17,19,22-23H2,1-3H3,(H,39,44)/t27-,32+/m1/s1. The number of piperidine rings is 1. The summed E-state index contributed by atoms with van der Waals surface area (Å²) in [6, 6.07) is 12.4. The predicted octanol–water partition coefficient (Wildman–Crippen LogP) is 6.08. The number of likely N-dealkylation sites (tertiary alicyclic amines) is 1. The first-order valence-corrected chi connectivity index (χ1v) is 16.5. The van der Waals surface area contributed by atoms with E-state index in [2.05, 4.69) is 29.0 Å². The van der Waals surface area contributed by atoms with Gasteiger partial charge in [-0.1, -0.05) is 38.8 Å². The molecule has 2 aliphatic heterocycles. The molecule has 2 atom stereocenters. The van der Waals surface area contributed by atoms with Crippen molar-refractivity contribution in [2.75, 3.05) is 33.3 Å². The average Bonchev–Trinajstić information content (AvgIpc) is 3.52. The molecule has 1 spiro atoms. The highest BCUT2D eigenvalue weighted by atomic mass is 19.1. The number of carbonyl (C=O) groups is 1. The molecule has 2 amide bonds. The number of hydrogen-bond donors (Lipinski definition) is 2. The number of benzene rings is 2. The lowest BCUT2D eigenvalue weighted by atomic mass is 9.89. The Bertz CT molecular complexity index is 1600. The van der Waals surface area contributed by atoms with E-state index in [0.29, 0.717) is 56.2 Å². The third-order valence-electron chi connectivity index (χ3n) is 10.1. The van der Waals surface area contributed by atoms with E-state index in [-0.39, 0.29) is 34.6 Å². The van der Waals surface area contributed by atoms with Gasteiger partial charge >= 0.3 is 6.03 Å². The molecule has 246 valence electrons. The van der Waals surface area contributed by atoms with E-state index in [9.17, 15) is 14.0 Å². The lowest BCUT2D eigenvalue weighted by Crippen LogP contribution is -2.64. The van der Waals surface area contributed by atoms with Crippen molar-refractivity contribution in [3.8, 4) is 17.0 Å². The molecule has 10 heteroatoms. The monoisotopic (exact) mass is 633 g/mol. The number of hydrogen-bond acceptors (Lipinski definition) is 5. The average molecular weight is 634 g/mol. The zero-order valence-electron chi connectivity index (χ0n) is 27.0. The second kappa shape index (κ2) is 13.5. The van der Waals surface area contributed by atoms with Crippen molar-refractivity contribution in [3.05, 3.63) is 87.7 Å². The molecule has 0 unspecified atom stereocenters. The lowest BCUT2D eigenvalue weighted by molar-refractivity contribution is -0.00256. The van der Waals surface area contributed by atoms with Crippen LogP contribution in [0.3, 0.4) is 0 Å². The van der Waals surface area contributed by atoms with Crippen molar-refractivity contribution >= 4 is 6.03 Å². The molecular weight excluding hydrogens is 588 g/mol. The number of aromatic nitrogens is 1. The second-order valence-electron chi connectivity index (χ2n) is 13.4. The molecule has 1 aromatic heterocycles. The molecule has 46 heavy (non-hydrogen) atoms. The number of rotatable bonds is 7. The molecular formula is C36H45F2N5O3. The maximum atomic E-state index is 15.1. The largest absolute Gasteiger partial charge is 0.496 e. The predicted molar refractivity (Wildman–Crippen MR) is 175 cm³/mol. The first-order chi connectivity index (χ1) is 22.2. The summed E-state index contributed by atoms with van der Waals surface area (Å²) in [5.74, 6) is -0.306. The van der Waals surface area contributed by atoms with Gasteiger partial charge in [0.05, 0.1) is 18.8 Å². The molecule has 2 saturated heterocycles. The van der Waals surface area contributed by atoms with Crippen molar-refractivity contribution in [2.45, 2.75) is 82.6 Å². The Hall–Kier alpha value is -3.76. The number of amides is 2. The quantitative estimate of drug-likeness (QED) is 0.330. The summed E-state index contributed by atoms with van der Waals surface area (Å²) >= 11 is 0. The number of carbonyl (C=O) groups excluding carboxylic acids is 1. The third-order valence-corrected chi connectivity index (χ3v) is 10.1. The number of nitrogens with one attached hydrogen (secondary N) is 2. The molecule has 3 aliphatic rings. The Morgan fingerprint density at radius 2 is 1.87 bits per heavy atom. The SMILES string of the molecule is COc1ccccc1-c1cc(=O)c(CN2CCN(C(=O)N3CC[C@@H](NC(C)C)C[C@H]3c3cc(F)ccc3F)CC23CCCC3)c[nH]1. The summed E-state index contributed by atoms with van der Waals surface area (Å²) in [6.07, 6.45) is 7.07. The fourth-order valence-electron chi connectivity index (χ4n) is 7.85. The minimum atomic E-state index is -0.564. The van der Waals surface area contributed by atoms with E-state index in [0.717, 1.165) is 49.8 Å². The van der Waals surface area contributed by atoms with Gasteiger partial charge in [0.25, 0.3) is 0 Å². The first-order valence-electron chi connectivity index (χ1n) is 16.5. The molecule has 1 saturated carbocycles. The summed E-state index contributed by atoms with van der Waals surface area (Å²) in [5, 5.41) is 3.54. The number of aromatic amines is 1. The van der Waals surface area contributed by atoms with Gasteiger partial charge in [-0.2, -0.15) is 0 Å². The van der Waals surface area contributed by atoms with Crippen molar-refractivity contribution in [3.63, 3.8) is 0 Å². The molecule has 3 aromatic rings. The van der Waals surface area contributed by atoms with Gasteiger partial charge < -0.3 is 24.8 Å². The number of para-hydroxylation sites is 1. The van der Waals surface area contributed by atoms with Gasteiger partial charge in [-0.25, -0.2) is 13.6 Å². The van der Waals surface area contributed by atoms with Crippen LogP contribution in [0.2, 0.25) is 0 Å². The minimum absolute atomic E-state index is 0.0378. The van der Waals surface area contributed by atoms with Crippen molar-refractivity contribution < 1.29 is 18.3 Å². The molecule has 0 radical (unpaired) electrons. The van der Waals surface area contributed by atoms with Gasteiger partial charge in [-0.3, -0.25) is 9.69 Å². The van der Waals surface area contributed by atoms with Crippen LogP contribution < -0.4 is 15.5 Å². The Morgan fingerprint density at radius 3 is 2.61 bits per heavy atom. The van der Waals surface area contributed by atoms with Crippen molar-refractivity contribution in [1.82, 2.24) is 25.0 Å². The minimum Gasteiger partial charge on any atom is -0.496 e. The molecule has 3 heterocycles. The van der Waals surface area contributed by atoms with Crippen LogP contribution in [0.1, 0.15) is 69.5 Å². The smallest absolute Gasteiger partial charge is 0.320 e. The van der Waals surface area contributed by atoms with Crippen LogP contribution >= 0.6 is 0 Å². The van der Waals surface area contributed by atoms with Gasteiger partial charge in [0, 0.05) is 79.3 Å². The Balaban J connectivity index is 1.21. The number of pyridine rings is 1. The van der Waals surface area contributed by atoms with Crippen LogP contribution in [-0.2, 0) is 6.54 Å². The number of ether oxygens (including phenoxy) is 1. The van der Waals surface area contributed by atoms with Crippen LogP contribution in [0.5, 0.6) is 5.75 Å². The van der Waals surface area contributed by atoms with Gasteiger partial charge in [0.2, 0.25) is 0 Å². The highest BCUT2D eigenvalue weighted by Gasteiger charge is 2.46. The number of methoxy groups -OCH3 is 1. The van der Waals surface area contributed by atoms with Crippen molar-refractivity contribution in [1.29, 1.82) is 0 Å². The maximum Gasteiger partial charge on any atom is 0.320 e. The molecule has 2 aromatic carbocycles. The lowest BCUT2D eigenvalue weighted by Gasteiger charge is -2.51. The van der Waals surface area contributed by atoms with E-state index in [1.807, 2.05) is 29.2 Å². The number of H-pyrrole nitrogens is 1. The van der Waals surface area contributed by atoms with Crippen LogP contribution in [0.25, 0.3) is 11.3 Å². The van der Waals surface area contributed by atoms with Crippen LogP contribution in [0.15, 0.2) is 59.5 Å². The van der Waals surface area contributed by atoms with E-state index in [1.165, 1.54) is 6.07 Å². The first kappa shape index (κ1) is 32.2. The summed E-state index contributed by atoms with van der Waals surface area (Å²) in [7, 11) is 1.61. The van der Waals surface area contributed by atoms with Gasteiger partial charge in [0.1, 0.15) is 17.4 Å². The van der Waals surface area contributed by atoms with E-state index < -0.39 is 17.7 Å². The fourth-order valence-corrected chi connectivity index (χ4v) is 7.85. The van der Waals surface area contributed by atoms with Crippen LogP contribution in [0.4, 0.5) is 13.6 Å². The molecule has 1 aliphatic carbocycles. The van der Waals surface area contributed by atoms with E-state index >= 15 is 4.39 Å². The van der Waals surface area contributed by atoms with Crippen LogP contribution in [0, 0.1) is 11.6 Å². The Labute approximate surface area is 269 Å². The van der Waals surface area contributed by atoms with Gasteiger partial charge in [-0.15, -0.1) is 0 Å². The molecule has 8 nitrogen and oxygen atoms in total. The zero-order chi connectivity index (χ0) is 32.4. The molecule has 6 rings (SSSR count). The summed E-state index contributed by atoms with van der Waals surface area (Å²) in [4.78, 5) is 37.0. The topological polar surface area (TPSA) is 80.9 Å².